The molecule has 0 heterocycles. The van der Waals surface area contributed by atoms with Crippen molar-refractivity contribution in [1.29, 1.82) is 0 Å². The van der Waals surface area contributed by atoms with E-state index in [-0.39, 0.29) is 49.1 Å². The van der Waals surface area contributed by atoms with Gasteiger partial charge in [0.1, 0.15) is 0 Å². The van der Waals surface area contributed by atoms with Crippen molar-refractivity contribution in [2.24, 2.45) is 0 Å². The number of hydrogen-bond acceptors (Lipinski definition) is 3. The summed E-state index contributed by atoms with van der Waals surface area (Å²) >= 11 is 0. The molecular formula is C21H28NNaO4S. The van der Waals surface area contributed by atoms with Gasteiger partial charge in [0, 0.05) is 13.1 Å². The third-order valence-electron chi connectivity index (χ3n) is 4.38. The molecule has 1 N–H and O–H groups in total. The molecule has 2 aromatic carbocycles. The third-order valence-corrected chi connectivity index (χ3v) is 5.57. The number of aryl methyl sites for hydroxylation is 1. The molecule has 0 aromatic heterocycles. The van der Waals surface area contributed by atoms with Crippen LogP contribution in [0, 0.1) is 0 Å². The van der Waals surface area contributed by atoms with Gasteiger partial charge in [-0.25, -0.2) is 8.42 Å². The summed E-state index contributed by atoms with van der Waals surface area (Å²) in [6.45, 7) is 2.66. The molecule has 0 amide bonds. The standard InChI is InChI=1S/C21H27NO4S.Na.H/c1-3-4-6-17-9-11-18(12-10-17)15-22(27(2,25)26)16-20-8-5-7-19(13-20)14-21(23)24;;/h5,7-13H,3-4,6,14-16H2,1-2H3,(H,23,24);;. The average molecular weight is 414 g/mol. The van der Waals surface area contributed by atoms with Crippen molar-refractivity contribution in [1.82, 2.24) is 4.31 Å². The van der Waals surface area contributed by atoms with Gasteiger partial charge in [0.05, 0.1) is 12.7 Å². The van der Waals surface area contributed by atoms with Crippen molar-refractivity contribution in [3.63, 3.8) is 0 Å². The van der Waals surface area contributed by atoms with Crippen LogP contribution in [0.25, 0.3) is 0 Å². The molecule has 0 aliphatic rings. The molecule has 0 radical (unpaired) electrons. The van der Waals surface area contributed by atoms with E-state index >= 15 is 0 Å². The second kappa shape index (κ2) is 11.7. The average Bonchev–Trinajstić information content (AvgIpc) is 2.59. The summed E-state index contributed by atoms with van der Waals surface area (Å²) in [5.41, 5.74) is 3.63. The van der Waals surface area contributed by atoms with E-state index in [9.17, 15) is 13.2 Å². The number of nitrogens with zero attached hydrogens (tertiary/aromatic N) is 1. The summed E-state index contributed by atoms with van der Waals surface area (Å²) < 4.78 is 25.9. The van der Waals surface area contributed by atoms with Crippen LogP contribution in [0.4, 0.5) is 0 Å². The van der Waals surface area contributed by atoms with Crippen LogP contribution in [0.2, 0.25) is 0 Å². The molecule has 2 rings (SSSR count). The molecule has 0 atom stereocenters. The number of benzene rings is 2. The molecule has 148 valence electrons. The number of hydrogen-bond donors (Lipinski definition) is 1. The van der Waals surface area contributed by atoms with Gasteiger partial charge in [-0.15, -0.1) is 0 Å². The van der Waals surface area contributed by atoms with E-state index in [0.717, 1.165) is 30.4 Å². The second-order valence-corrected chi connectivity index (χ2v) is 8.82. The Bertz CT molecular complexity index is 866. The van der Waals surface area contributed by atoms with Crippen LogP contribution in [-0.2, 0) is 40.7 Å². The zero-order valence-electron chi connectivity index (χ0n) is 15.9. The topological polar surface area (TPSA) is 74.7 Å². The van der Waals surface area contributed by atoms with Crippen LogP contribution in [0.5, 0.6) is 0 Å². The number of carbonyl (C=O) groups is 1. The molecule has 0 saturated carbocycles. The molecule has 0 aliphatic heterocycles. The quantitative estimate of drug-likeness (QED) is 0.608. The van der Waals surface area contributed by atoms with E-state index in [0.29, 0.717) is 5.56 Å². The van der Waals surface area contributed by atoms with E-state index in [2.05, 4.69) is 19.1 Å². The number of unbranched alkanes of at least 4 members (excludes halogenated alkanes) is 1. The first kappa shape index (κ1) is 24.9. The Morgan fingerprint density at radius 1 is 0.964 bits per heavy atom. The maximum absolute atomic E-state index is 12.2. The Hall–Kier alpha value is -1.18. The summed E-state index contributed by atoms with van der Waals surface area (Å²) in [5.74, 6) is -0.907. The molecule has 0 fully saturated rings. The van der Waals surface area contributed by atoms with Crippen LogP contribution in [-0.4, -0.2) is 59.6 Å². The predicted molar refractivity (Wildman–Crippen MR) is 114 cm³/mol. The predicted octanol–water partition coefficient (Wildman–Crippen LogP) is 2.97. The number of carboxylic acid groups (broad SMARTS) is 1. The number of aliphatic carboxylic acids is 1. The second-order valence-electron chi connectivity index (χ2n) is 6.84. The fourth-order valence-electron chi connectivity index (χ4n) is 2.90. The van der Waals surface area contributed by atoms with Gasteiger partial charge < -0.3 is 5.11 Å². The Morgan fingerprint density at radius 2 is 1.54 bits per heavy atom. The first-order chi connectivity index (χ1) is 12.8. The van der Waals surface area contributed by atoms with Crippen LogP contribution in [0.3, 0.4) is 0 Å². The summed E-state index contributed by atoms with van der Waals surface area (Å²) in [6, 6.07) is 15.1. The minimum absolute atomic E-state index is 0. The van der Waals surface area contributed by atoms with Gasteiger partial charge in [-0.1, -0.05) is 61.9 Å². The number of rotatable bonds is 10. The van der Waals surface area contributed by atoms with E-state index in [4.69, 9.17) is 5.11 Å². The van der Waals surface area contributed by atoms with Gasteiger partial charge >= 0.3 is 35.5 Å². The van der Waals surface area contributed by atoms with Crippen molar-refractivity contribution in [3.05, 3.63) is 70.8 Å². The minimum atomic E-state index is -3.40. The molecule has 2 aromatic rings. The Balaban J connectivity index is 0.00000392. The van der Waals surface area contributed by atoms with Crippen molar-refractivity contribution < 1.29 is 18.3 Å². The Labute approximate surface area is 190 Å². The molecule has 28 heavy (non-hydrogen) atoms. The summed E-state index contributed by atoms with van der Waals surface area (Å²) in [4.78, 5) is 10.9. The van der Waals surface area contributed by atoms with Crippen molar-refractivity contribution in [2.45, 2.75) is 45.7 Å². The first-order valence-corrected chi connectivity index (χ1v) is 11.0. The number of carboxylic acids is 1. The maximum atomic E-state index is 12.2. The molecule has 7 heteroatoms. The molecule has 0 unspecified atom stereocenters. The van der Waals surface area contributed by atoms with Crippen molar-refractivity contribution in [3.8, 4) is 0 Å². The normalized spacial score (nSPS) is 11.2. The first-order valence-electron chi connectivity index (χ1n) is 9.10. The molecule has 0 saturated heterocycles. The Kier molecular flexibility index (Phi) is 10.4. The monoisotopic (exact) mass is 413 g/mol. The van der Waals surface area contributed by atoms with E-state index in [1.54, 1.807) is 18.2 Å². The van der Waals surface area contributed by atoms with Gasteiger partial charge in [-0.3, -0.25) is 4.79 Å². The zero-order valence-corrected chi connectivity index (χ0v) is 16.7. The molecule has 0 spiro atoms. The summed E-state index contributed by atoms with van der Waals surface area (Å²) in [6.07, 6.45) is 4.44. The molecule has 0 aliphatic carbocycles. The van der Waals surface area contributed by atoms with E-state index in [1.165, 1.54) is 16.1 Å². The van der Waals surface area contributed by atoms with Gasteiger partial charge in [0.2, 0.25) is 10.0 Å². The number of sulfonamides is 1. The van der Waals surface area contributed by atoms with Crippen LogP contribution >= 0.6 is 0 Å². The van der Waals surface area contributed by atoms with Crippen molar-refractivity contribution in [2.75, 3.05) is 6.26 Å². The molecule has 5 nitrogen and oxygen atoms in total. The van der Waals surface area contributed by atoms with E-state index < -0.39 is 16.0 Å². The van der Waals surface area contributed by atoms with Gasteiger partial charge in [0.25, 0.3) is 0 Å². The third kappa shape index (κ3) is 8.45. The van der Waals surface area contributed by atoms with Crippen LogP contribution < -0.4 is 0 Å². The summed E-state index contributed by atoms with van der Waals surface area (Å²) in [7, 11) is -3.40. The van der Waals surface area contributed by atoms with Gasteiger partial charge in [-0.2, -0.15) is 4.31 Å². The van der Waals surface area contributed by atoms with Crippen molar-refractivity contribution >= 4 is 45.5 Å². The zero-order chi connectivity index (χ0) is 19.9. The Morgan fingerprint density at radius 3 is 2.11 bits per heavy atom. The fourth-order valence-corrected chi connectivity index (χ4v) is 3.67. The molecule has 0 bridgehead atoms. The van der Waals surface area contributed by atoms with Gasteiger partial charge in [0.15, 0.2) is 0 Å². The SMILES string of the molecule is CCCCc1ccc(CN(Cc2cccc(CC(=O)O)c2)S(C)(=O)=O)cc1.[NaH]. The van der Waals surface area contributed by atoms with Gasteiger partial charge in [-0.05, 0) is 35.1 Å². The van der Waals surface area contributed by atoms with E-state index in [1.807, 2.05) is 18.2 Å². The molecular weight excluding hydrogens is 385 g/mol. The fraction of sp³-hybridized carbons (Fsp3) is 0.381. The van der Waals surface area contributed by atoms with Crippen LogP contribution in [0.1, 0.15) is 42.0 Å². The van der Waals surface area contributed by atoms with Crippen LogP contribution in [0.15, 0.2) is 48.5 Å². The summed E-state index contributed by atoms with van der Waals surface area (Å²) in [5, 5.41) is 8.93.